The molecule has 0 saturated carbocycles. The van der Waals surface area contributed by atoms with E-state index in [-0.39, 0.29) is 18.5 Å². The van der Waals surface area contributed by atoms with Gasteiger partial charge in [-0.25, -0.2) is 4.79 Å². The van der Waals surface area contributed by atoms with Gasteiger partial charge in [-0.05, 0) is 13.3 Å². The van der Waals surface area contributed by atoms with Crippen LogP contribution in [0, 0.1) is 0 Å². The number of hydrogen-bond acceptors (Lipinski definition) is 2. The van der Waals surface area contributed by atoms with Crippen molar-refractivity contribution >= 4 is 18.5 Å². The first kappa shape index (κ1) is 9.56. The molecule has 1 heterocycles. The fourth-order valence-corrected chi connectivity index (χ4v) is 0.714. The lowest BCUT2D eigenvalue weighted by atomic mass is 10.2. The molecule has 1 fully saturated rings. The van der Waals surface area contributed by atoms with Gasteiger partial charge in [-0.2, -0.15) is 0 Å². The first-order chi connectivity index (χ1) is 4.34. The summed E-state index contributed by atoms with van der Waals surface area (Å²) in [6, 6.07) is 0. The number of likely N-dealkylation sites (tertiary alicyclic amines) is 1. The lowest BCUT2D eigenvalue weighted by molar-refractivity contribution is 0.0850. The van der Waals surface area contributed by atoms with Crippen LogP contribution in [0.2, 0.25) is 0 Å². The Morgan fingerprint density at radius 2 is 2.20 bits per heavy atom. The molecule has 0 aliphatic carbocycles. The van der Waals surface area contributed by atoms with Crippen LogP contribution >= 0.6 is 12.4 Å². The Kier molecular flexibility index (Phi) is 4.19. The number of ether oxygens (including phenoxy) is 1. The van der Waals surface area contributed by atoms with Crippen LogP contribution in [-0.4, -0.2) is 30.7 Å². The van der Waals surface area contributed by atoms with Gasteiger partial charge >= 0.3 is 6.09 Å². The van der Waals surface area contributed by atoms with Crippen molar-refractivity contribution in [3.63, 3.8) is 0 Å². The second-order valence-corrected chi connectivity index (χ2v) is 2.04. The Hall–Kier alpha value is -0.440. The molecule has 0 unspecified atom stereocenters. The summed E-state index contributed by atoms with van der Waals surface area (Å²) in [5.74, 6) is 0. The molecule has 4 heteroatoms. The molecule has 0 aromatic rings. The third kappa shape index (κ3) is 2.06. The molecule has 1 rings (SSSR count). The molecule has 0 bridgehead atoms. The van der Waals surface area contributed by atoms with Gasteiger partial charge in [-0.15, -0.1) is 12.4 Å². The normalized spacial score (nSPS) is 15.1. The molecule has 0 N–H and O–H groups in total. The van der Waals surface area contributed by atoms with Crippen molar-refractivity contribution in [1.82, 2.24) is 4.90 Å². The summed E-state index contributed by atoms with van der Waals surface area (Å²) in [7, 11) is 0. The van der Waals surface area contributed by atoms with Gasteiger partial charge in [-0.1, -0.05) is 0 Å². The fourth-order valence-electron chi connectivity index (χ4n) is 0.714. The highest BCUT2D eigenvalue weighted by Crippen LogP contribution is 2.06. The molecule has 1 amide bonds. The minimum Gasteiger partial charge on any atom is -0.450 e. The van der Waals surface area contributed by atoms with E-state index in [0.29, 0.717) is 6.61 Å². The Bertz CT molecular complexity index is 114. The highest BCUT2D eigenvalue weighted by molar-refractivity contribution is 5.85. The molecule has 1 aliphatic heterocycles. The fraction of sp³-hybridized carbons (Fsp3) is 0.833. The number of amides is 1. The van der Waals surface area contributed by atoms with E-state index in [9.17, 15) is 4.79 Å². The number of carbonyl (C=O) groups excluding carboxylic acids is 1. The van der Waals surface area contributed by atoms with Crippen LogP contribution in [0.25, 0.3) is 0 Å². The van der Waals surface area contributed by atoms with E-state index in [0.717, 1.165) is 19.5 Å². The summed E-state index contributed by atoms with van der Waals surface area (Å²) in [6.07, 6.45) is 0.961. The van der Waals surface area contributed by atoms with Crippen molar-refractivity contribution in [3.05, 3.63) is 0 Å². The highest BCUT2D eigenvalue weighted by Gasteiger charge is 2.20. The Morgan fingerprint density at radius 1 is 1.60 bits per heavy atom. The van der Waals surface area contributed by atoms with Crippen LogP contribution < -0.4 is 0 Å². The SMILES string of the molecule is CCOC(=O)N1CCC1.Cl. The summed E-state index contributed by atoms with van der Waals surface area (Å²) in [5, 5.41) is 0. The standard InChI is InChI=1S/C6H11NO2.ClH/c1-2-9-6(8)7-4-3-5-7;/h2-5H2,1H3;1H. The van der Waals surface area contributed by atoms with Gasteiger partial charge in [-0.3, -0.25) is 0 Å². The van der Waals surface area contributed by atoms with Crippen molar-refractivity contribution in [3.8, 4) is 0 Å². The molecule has 0 spiro atoms. The molecule has 0 atom stereocenters. The van der Waals surface area contributed by atoms with Gasteiger partial charge in [0.2, 0.25) is 0 Å². The summed E-state index contributed by atoms with van der Waals surface area (Å²) in [5.41, 5.74) is 0. The maximum absolute atomic E-state index is 10.7. The van der Waals surface area contributed by atoms with Gasteiger partial charge in [0, 0.05) is 13.1 Å². The highest BCUT2D eigenvalue weighted by atomic mass is 35.5. The van der Waals surface area contributed by atoms with Crippen molar-refractivity contribution in [2.24, 2.45) is 0 Å². The number of hydrogen-bond donors (Lipinski definition) is 0. The van der Waals surface area contributed by atoms with Crippen molar-refractivity contribution in [2.75, 3.05) is 19.7 Å². The zero-order valence-electron chi connectivity index (χ0n) is 6.00. The quantitative estimate of drug-likeness (QED) is 0.586. The van der Waals surface area contributed by atoms with Gasteiger partial charge < -0.3 is 9.64 Å². The third-order valence-corrected chi connectivity index (χ3v) is 1.38. The second-order valence-electron chi connectivity index (χ2n) is 2.04. The molecule has 10 heavy (non-hydrogen) atoms. The molecule has 0 aromatic heterocycles. The first-order valence-corrected chi connectivity index (χ1v) is 3.26. The van der Waals surface area contributed by atoms with Crippen molar-refractivity contribution < 1.29 is 9.53 Å². The number of rotatable bonds is 1. The molecule has 0 aromatic carbocycles. The average molecular weight is 166 g/mol. The van der Waals surface area contributed by atoms with Crippen molar-refractivity contribution in [1.29, 1.82) is 0 Å². The number of halogens is 1. The van der Waals surface area contributed by atoms with Crippen LogP contribution in [-0.2, 0) is 4.74 Å². The van der Waals surface area contributed by atoms with Crippen LogP contribution in [0.3, 0.4) is 0 Å². The topological polar surface area (TPSA) is 29.5 Å². The van der Waals surface area contributed by atoms with Crippen molar-refractivity contribution in [2.45, 2.75) is 13.3 Å². The Labute approximate surface area is 66.7 Å². The molecule has 0 radical (unpaired) electrons. The number of carbonyl (C=O) groups is 1. The molecule has 3 nitrogen and oxygen atoms in total. The zero-order valence-corrected chi connectivity index (χ0v) is 6.82. The number of nitrogens with zero attached hydrogens (tertiary/aromatic N) is 1. The minimum atomic E-state index is -0.163. The summed E-state index contributed by atoms with van der Waals surface area (Å²) in [6.45, 7) is 4.05. The largest absolute Gasteiger partial charge is 0.450 e. The van der Waals surface area contributed by atoms with Crippen LogP contribution in [0.1, 0.15) is 13.3 Å². The zero-order chi connectivity index (χ0) is 6.69. The predicted molar refractivity (Wildman–Crippen MR) is 40.5 cm³/mol. The molecule has 60 valence electrons. The predicted octanol–water partition coefficient (Wildman–Crippen LogP) is 1.27. The van der Waals surface area contributed by atoms with E-state index in [1.807, 2.05) is 6.92 Å². The van der Waals surface area contributed by atoms with Crippen LogP contribution in [0.5, 0.6) is 0 Å². The van der Waals surface area contributed by atoms with Crippen LogP contribution in [0.4, 0.5) is 4.79 Å². The van der Waals surface area contributed by atoms with E-state index in [1.54, 1.807) is 4.90 Å². The van der Waals surface area contributed by atoms with Gasteiger partial charge in [0.15, 0.2) is 0 Å². The van der Waals surface area contributed by atoms with Gasteiger partial charge in [0.05, 0.1) is 6.61 Å². The Balaban J connectivity index is 0.000000810. The first-order valence-electron chi connectivity index (χ1n) is 3.26. The van der Waals surface area contributed by atoms with Gasteiger partial charge in [0.25, 0.3) is 0 Å². The summed E-state index contributed by atoms with van der Waals surface area (Å²) >= 11 is 0. The molecule has 1 saturated heterocycles. The summed E-state index contributed by atoms with van der Waals surface area (Å²) in [4.78, 5) is 12.4. The lowest BCUT2D eigenvalue weighted by Crippen LogP contribution is -2.42. The van der Waals surface area contributed by atoms with E-state index in [2.05, 4.69) is 0 Å². The minimum absolute atomic E-state index is 0. The van der Waals surface area contributed by atoms with E-state index in [1.165, 1.54) is 0 Å². The van der Waals surface area contributed by atoms with E-state index >= 15 is 0 Å². The van der Waals surface area contributed by atoms with Gasteiger partial charge in [0.1, 0.15) is 0 Å². The maximum atomic E-state index is 10.7. The van der Waals surface area contributed by atoms with Crippen LogP contribution in [0.15, 0.2) is 0 Å². The maximum Gasteiger partial charge on any atom is 0.409 e. The molecule has 1 aliphatic rings. The smallest absolute Gasteiger partial charge is 0.409 e. The Morgan fingerprint density at radius 3 is 2.50 bits per heavy atom. The third-order valence-electron chi connectivity index (χ3n) is 1.38. The second kappa shape index (κ2) is 4.39. The molecular weight excluding hydrogens is 154 g/mol. The monoisotopic (exact) mass is 165 g/mol. The van der Waals surface area contributed by atoms with E-state index < -0.39 is 0 Å². The summed E-state index contributed by atoms with van der Waals surface area (Å²) < 4.78 is 4.73. The average Bonchev–Trinajstić information content (AvgIpc) is 1.60. The van der Waals surface area contributed by atoms with E-state index in [4.69, 9.17) is 4.74 Å². The molecular formula is C6H12ClNO2. The lowest BCUT2D eigenvalue weighted by Gasteiger charge is -2.29.